The van der Waals surface area contributed by atoms with Crippen molar-refractivity contribution in [3.8, 4) is 0 Å². The number of aliphatic hydroxyl groups excluding tert-OH is 1. The molecule has 0 bridgehead atoms. The van der Waals surface area contributed by atoms with Crippen LogP contribution in [0.5, 0.6) is 0 Å². The van der Waals surface area contributed by atoms with Gasteiger partial charge in [-0.25, -0.2) is 0 Å². The van der Waals surface area contributed by atoms with Crippen molar-refractivity contribution in [2.75, 3.05) is 33.4 Å². The first-order valence-electron chi connectivity index (χ1n) is 6.34. The first-order chi connectivity index (χ1) is 8.15. The maximum atomic E-state index is 11.7. The Morgan fingerprint density at radius 1 is 1.53 bits per heavy atom. The van der Waals surface area contributed by atoms with Crippen LogP contribution in [0.15, 0.2) is 0 Å². The summed E-state index contributed by atoms with van der Waals surface area (Å²) in [6, 6.07) is -0.124. The van der Waals surface area contributed by atoms with Crippen LogP contribution >= 0.6 is 0 Å². The molecule has 1 unspecified atom stereocenters. The van der Waals surface area contributed by atoms with Crippen molar-refractivity contribution in [3.63, 3.8) is 0 Å². The van der Waals surface area contributed by atoms with Crippen molar-refractivity contribution in [3.05, 3.63) is 0 Å². The van der Waals surface area contributed by atoms with Gasteiger partial charge in [-0.15, -0.1) is 0 Å². The average Bonchev–Trinajstić information content (AvgIpc) is 2.38. The molecule has 1 aliphatic heterocycles. The Balaban J connectivity index is 2.14. The number of nitrogens with zero attached hydrogens (tertiary/aromatic N) is 1. The second kappa shape index (κ2) is 7.63. The largest absolute Gasteiger partial charge is 0.394 e. The lowest BCUT2D eigenvalue weighted by atomic mass is 10.1. The van der Waals surface area contributed by atoms with Gasteiger partial charge in [-0.1, -0.05) is 0 Å². The summed E-state index contributed by atoms with van der Waals surface area (Å²) < 4.78 is 5.67. The summed E-state index contributed by atoms with van der Waals surface area (Å²) in [7, 11) is 1.72. The van der Waals surface area contributed by atoms with Crippen LogP contribution in [0.4, 0.5) is 0 Å². The summed E-state index contributed by atoms with van der Waals surface area (Å²) >= 11 is 0. The number of carbonyl (C=O) groups excluding carboxylic acids is 1. The normalized spacial score (nSPS) is 19.0. The topological polar surface area (TPSA) is 61.8 Å². The van der Waals surface area contributed by atoms with E-state index < -0.39 is 0 Å². The van der Waals surface area contributed by atoms with E-state index in [2.05, 4.69) is 5.32 Å². The molecular weight excluding hydrogens is 220 g/mol. The van der Waals surface area contributed by atoms with Gasteiger partial charge in [0.2, 0.25) is 5.91 Å². The third-order valence-electron chi connectivity index (χ3n) is 3.27. The van der Waals surface area contributed by atoms with Gasteiger partial charge in [-0.2, -0.15) is 0 Å². The minimum absolute atomic E-state index is 0.00259. The Morgan fingerprint density at radius 3 is 2.76 bits per heavy atom. The second-order valence-corrected chi connectivity index (χ2v) is 4.61. The van der Waals surface area contributed by atoms with Gasteiger partial charge in [-0.05, 0) is 32.9 Å². The predicted molar refractivity (Wildman–Crippen MR) is 65.8 cm³/mol. The monoisotopic (exact) mass is 244 g/mol. The third kappa shape index (κ3) is 5.02. The molecule has 0 aromatic carbocycles. The SMILES string of the molecule is CC(CO)N(C)C(=O)CCOC1CCNCC1. The fraction of sp³-hybridized carbons (Fsp3) is 0.917. The number of rotatable bonds is 6. The predicted octanol–water partition coefficient (Wildman–Crippen LogP) is -0.0157. The van der Waals surface area contributed by atoms with E-state index in [0.29, 0.717) is 19.1 Å². The van der Waals surface area contributed by atoms with Gasteiger partial charge < -0.3 is 20.1 Å². The molecule has 0 aliphatic carbocycles. The Bertz CT molecular complexity index is 230. The van der Waals surface area contributed by atoms with Crippen LogP contribution in [0.2, 0.25) is 0 Å². The zero-order valence-electron chi connectivity index (χ0n) is 10.8. The molecule has 1 fully saturated rings. The van der Waals surface area contributed by atoms with Gasteiger partial charge in [0.25, 0.3) is 0 Å². The Morgan fingerprint density at radius 2 is 2.18 bits per heavy atom. The third-order valence-corrected chi connectivity index (χ3v) is 3.27. The van der Waals surface area contributed by atoms with Crippen molar-refractivity contribution >= 4 is 5.91 Å². The summed E-state index contributed by atoms with van der Waals surface area (Å²) in [6.07, 6.45) is 2.74. The van der Waals surface area contributed by atoms with E-state index in [4.69, 9.17) is 9.84 Å². The standard InChI is InChI=1S/C12H24N2O3/c1-10(9-15)14(2)12(16)5-8-17-11-3-6-13-7-4-11/h10-11,13,15H,3-9H2,1-2H3. The van der Waals surface area contributed by atoms with E-state index in [1.54, 1.807) is 11.9 Å². The van der Waals surface area contributed by atoms with Gasteiger partial charge in [0, 0.05) is 7.05 Å². The molecule has 1 amide bonds. The van der Waals surface area contributed by atoms with Gasteiger partial charge in [0.1, 0.15) is 0 Å². The van der Waals surface area contributed by atoms with Crippen LogP contribution in [0.1, 0.15) is 26.2 Å². The number of carbonyl (C=O) groups is 1. The smallest absolute Gasteiger partial charge is 0.224 e. The minimum atomic E-state index is -0.124. The summed E-state index contributed by atoms with van der Waals surface area (Å²) in [4.78, 5) is 13.3. The maximum absolute atomic E-state index is 11.7. The lowest BCUT2D eigenvalue weighted by molar-refractivity contribution is -0.134. The van der Waals surface area contributed by atoms with Crippen LogP contribution < -0.4 is 5.32 Å². The number of piperidine rings is 1. The van der Waals surface area contributed by atoms with Gasteiger partial charge in [-0.3, -0.25) is 4.79 Å². The first kappa shape index (κ1) is 14.4. The van der Waals surface area contributed by atoms with E-state index in [1.807, 2.05) is 6.92 Å². The van der Waals surface area contributed by atoms with Gasteiger partial charge in [0.15, 0.2) is 0 Å². The number of hydrogen-bond acceptors (Lipinski definition) is 4. The quantitative estimate of drug-likeness (QED) is 0.689. The van der Waals surface area contributed by atoms with E-state index >= 15 is 0 Å². The number of hydrogen-bond donors (Lipinski definition) is 2. The molecule has 5 nitrogen and oxygen atoms in total. The number of likely N-dealkylation sites (N-methyl/N-ethyl adjacent to an activating group) is 1. The highest BCUT2D eigenvalue weighted by atomic mass is 16.5. The van der Waals surface area contributed by atoms with Crippen molar-refractivity contribution in [2.45, 2.75) is 38.3 Å². The van der Waals surface area contributed by atoms with Gasteiger partial charge >= 0.3 is 0 Å². The number of nitrogens with one attached hydrogen (secondary N) is 1. The van der Waals surface area contributed by atoms with Crippen molar-refractivity contribution in [2.24, 2.45) is 0 Å². The zero-order chi connectivity index (χ0) is 12.7. The lowest BCUT2D eigenvalue weighted by Gasteiger charge is -2.25. The fourth-order valence-electron chi connectivity index (χ4n) is 1.82. The van der Waals surface area contributed by atoms with Crippen molar-refractivity contribution in [1.29, 1.82) is 0 Å². The molecule has 1 aliphatic rings. The molecule has 0 spiro atoms. The highest BCUT2D eigenvalue weighted by molar-refractivity contribution is 5.76. The summed E-state index contributed by atoms with van der Waals surface area (Å²) in [6.45, 7) is 4.30. The van der Waals surface area contributed by atoms with Crippen molar-refractivity contribution in [1.82, 2.24) is 10.2 Å². The minimum Gasteiger partial charge on any atom is -0.394 e. The molecule has 0 aromatic rings. The van der Waals surface area contributed by atoms with Crippen LogP contribution in [-0.4, -0.2) is 61.4 Å². The lowest BCUT2D eigenvalue weighted by Crippen LogP contribution is -2.38. The first-order valence-corrected chi connectivity index (χ1v) is 6.34. The van der Waals surface area contributed by atoms with Crippen LogP contribution in [0.3, 0.4) is 0 Å². The Kier molecular flexibility index (Phi) is 6.47. The molecule has 1 atom stereocenters. The van der Waals surface area contributed by atoms with E-state index in [9.17, 15) is 4.79 Å². The van der Waals surface area contributed by atoms with E-state index in [-0.39, 0.29) is 18.6 Å². The highest BCUT2D eigenvalue weighted by Gasteiger charge is 2.17. The molecule has 17 heavy (non-hydrogen) atoms. The second-order valence-electron chi connectivity index (χ2n) is 4.61. The number of ether oxygens (including phenoxy) is 1. The number of aliphatic hydroxyl groups is 1. The average molecular weight is 244 g/mol. The summed E-state index contributed by atoms with van der Waals surface area (Å²) in [5.74, 6) is 0.0282. The molecule has 0 aromatic heterocycles. The van der Waals surface area contributed by atoms with Crippen molar-refractivity contribution < 1.29 is 14.6 Å². The van der Waals surface area contributed by atoms with Gasteiger partial charge in [0.05, 0.1) is 31.8 Å². The van der Waals surface area contributed by atoms with Crippen LogP contribution in [0.25, 0.3) is 0 Å². The van der Waals surface area contributed by atoms with Crippen LogP contribution in [-0.2, 0) is 9.53 Å². The van der Waals surface area contributed by atoms with E-state index in [0.717, 1.165) is 25.9 Å². The molecule has 100 valence electrons. The molecular formula is C12H24N2O3. The summed E-state index contributed by atoms with van der Waals surface area (Å²) in [5, 5.41) is 12.2. The summed E-state index contributed by atoms with van der Waals surface area (Å²) in [5.41, 5.74) is 0. The van der Waals surface area contributed by atoms with Crippen LogP contribution in [0, 0.1) is 0 Å². The highest BCUT2D eigenvalue weighted by Crippen LogP contribution is 2.08. The zero-order valence-corrected chi connectivity index (χ0v) is 10.8. The molecule has 1 heterocycles. The Hall–Kier alpha value is -0.650. The van der Waals surface area contributed by atoms with E-state index in [1.165, 1.54) is 0 Å². The molecule has 1 saturated heterocycles. The molecule has 5 heteroatoms. The molecule has 2 N–H and O–H groups in total. The molecule has 1 rings (SSSR count). The maximum Gasteiger partial charge on any atom is 0.224 e. The number of amides is 1. The molecule has 0 saturated carbocycles. The Labute approximate surface area is 103 Å². The molecule has 0 radical (unpaired) electrons. The fourth-order valence-corrected chi connectivity index (χ4v) is 1.82.